The van der Waals surface area contributed by atoms with E-state index in [1.54, 1.807) is 12.3 Å². The molecule has 0 radical (unpaired) electrons. The van der Waals surface area contributed by atoms with Gasteiger partial charge in [-0.05, 0) is 69.7 Å². The molecule has 306 valence electrons. The van der Waals surface area contributed by atoms with E-state index in [9.17, 15) is 32.8 Å². The van der Waals surface area contributed by atoms with Crippen molar-refractivity contribution in [2.45, 2.75) is 76.9 Å². The standard InChI is InChI=1S/C40H41F2N11O6/c1-22-17-32(50-49-22)45-35-29-21-44-53(36(29)48-40(47-35)43-20-23-6-7-24(41)18-30(23)42)25-12-14-51(15-13-25)34(55)5-3-2-4-16-59-26-8-9-27-28(19-26)39(58)52(38(27)57)31-10-11-33(54)46-37(31)56/h6-9,17-19,21,25,31H,2-5,10-16,20H2,1H3,(H,46,54,56)(H3,43,45,47,48,49,50). The molecule has 2 fully saturated rings. The van der Waals surface area contributed by atoms with Crippen LogP contribution >= 0.6 is 0 Å². The van der Waals surface area contributed by atoms with Crippen LogP contribution in [0.3, 0.4) is 0 Å². The van der Waals surface area contributed by atoms with E-state index in [0.29, 0.717) is 80.2 Å². The van der Waals surface area contributed by atoms with Crippen molar-refractivity contribution < 1.29 is 37.5 Å². The third-order valence-corrected chi connectivity index (χ3v) is 10.7. The van der Waals surface area contributed by atoms with Crippen LogP contribution in [0, 0.1) is 18.6 Å². The Morgan fingerprint density at radius 2 is 1.76 bits per heavy atom. The molecule has 1 atom stereocenters. The second-order valence-corrected chi connectivity index (χ2v) is 14.8. The summed E-state index contributed by atoms with van der Waals surface area (Å²) in [5.74, 6) is -1.92. The van der Waals surface area contributed by atoms with Crippen LogP contribution in [0.1, 0.15) is 89.4 Å². The summed E-state index contributed by atoms with van der Waals surface area (Å²) >= 11 is 0. The number of imide groups is 2. The number of ether oxygens (including phenoxy) is 1. The number of nitrogens with zero attached hydrogens (tertiary/aromatic N) is 7. The fourth-order valence-electron chi connectivity index (χ4n) is 7.61. The van der Waals surface area contributed by atoms with E-state index in [4.69, 9.17) is 9.72 Å². The van der Waals surface area contributed by atoms with Gasteiger partial charge >= 0.3 is 0 Å². The highest BCUT2D eigenvalue weighted by atomic mass is 19.1. The summed E-state index contributed by atoms with van der Waals surface area (Å²) in [6.07, 6.45) is 5.60. The first kappa shape index (κ1) is 39.1. The third-order valence-electron chi connectivity index (χ3n) is 10.7. The Bertz CT molecular complexity index is 2460. The van der Waals surface area contributed by atoms with Crippen molar-refractivity contribution in [3.05, 3.63) is 82.7 Å². The largest absolute Gasteiger partial charge is 0.494 e. The highest BCUT2D eigenvalue weighted by Gasteiger charge is 2.44. The lowest BCUT2D eigenvalue weighted by Crippen LogP contribution is -2.54. The zero-order chi connectivity index (χ0) is 41.2. The number of aryl methyl sites for hydroxylation is 1. The van der Waals surface area contributed by atoms with Crippen molar-refractivity contribution in [2.24, 2.45) is 0 Å². The monoisotopic (exact) mass is 809 g/mol. The topological polar surface area (TPSA) is 209 Å². The molecule has 1 unspecified atom stereocenters. The SMILES string of the molecule is Cc1cc(Nc2nc(NCc3ccc(F)cc3F)nc3c2cnn3C2CCN(C(=O)CCCCCOc3ccc4c(c3)C(=O)N(C3CCC(=O)NC3=O)C4=O)CC2)n[nH]1. The first-order valence-electron chi connectivity index (χ1n) is 19.5. The molecule has 0 bridgehead atoms. The first-order chi connectivity index (χ1) is 28.5. The average molecular weight is 810 g/mol. The molecule has 2 aromatic carbocycles. The number of aromatic amines is 1. The van der Waals surface area contributed by atoms with Crippen LogP contribution in [-0.2, 0) is 20.9 Å². The fraction of sp³-hybridized carbons (Fsp3) is 0.375. The Morgan fingerprint density at radius 3 is 2.53 bits per heavy atom. The van der Waals surface area contributed by atoms with Gasteiger partial charge in [-0.3, -0.25) is 39.3 Å². The Balaban J connectivity index is 0.819. The van der Waals surface area contributed by atoms with Gasteiger partial charge in [-0.2, -0.15) is 20.2 Å². The van der Waals surface area contributed by atoms with Gasteiger partial charge in [0.1, 0.15) is 29.2 Å². The number of amides is 5. The molecular formula is C40H41F2N11O6. The van der Waals surface area contributed by atoms with Gasteiger partial charge in [0.05, 0.1) is 35.4 Å². The van der Waals surface area contributed by atoms with E-state index >= 15 is 0 Å². The molecule has 0 saturated carbocycles. The number of aromatic nitrogens is 6. The molecule has 5 amide bonds. The van der Waals surface area contributed by atoms with E-state index in [2.05, 4.69) is 36.2 Å². The Kier molecular flexibility index (Phi) is 11.0. The lowest BCUT2D eigenvalue weighted by Gasteiger charge is -2.32. The van der Waals surface area contributed by atoms with Gasteiger partial charge in [0.2, 0.25) is 23.7 Å². The van der Waals surface area contributed by atoms with Gasteiger partial charge in [-0.25, -0.2) is 13.5 Å². The number of rotatable bonds is 14. The molecule has 19 heteroatoms. The third kappa shape index (κ3) is 8.30. The summed E-state index contributed by atoms with van der Waals surface area (Å²) in [4.78, 5) is 75.2. The minimum absolute atomic E-state index is 0.0227. The number of hydrogen-bond acceptors (Lipinski definition) is 12. The highest BCUT2D eigenvalue weighted by Crippen LogP contribution is 2.32. The molecule has 17 nitrogen and oxygen atoms in total. The second kappa shape index (κ2) is 16.6. The Morgan fingerprint density at radius 1 is 0.949 bits per heavy atom. The molecule has 0 spiro atoms. The minimum atomic E-state index is -1.03. The van der Waals surface area contributed by atoms with E-state index in [1.165, 1.54) is 24.3 Å². The van der Waals surface area contributed by atoms with Crippen LogP contribution in [-0.4, -0.2) is 95.0 Å². The van der Waals surface area contributed by atoms with Gasteiger partial charge in [-0.1, -0.05) is 6.07 Å². The molecule has 6 heterocycles. The highest BCUT2D eigenvalue weighted by molar-refractivity contribution is 6.23. The number of carbonyl (C=O) groups is 5. The summed E-state index contributed by atoms with van der Waals surface area (Å²) < 4.78 is 35.6. The van der Waals surface area contributed by atoms with Crippen LogP contribution < -0.4 is 20.7 Å². The lowest BCUT2D eigenvalue weighted by molar-refractivity contribution is -0.136. The van der Waals surface area contributed by atoms with Crippen LogP contribution in [0.5, 0.6) is 5.75 Å². The minimum Gasteiger partial charge on any atom is -0.494 e. The number of carbonyl (C=O) groups excluding carboxylic acids is 5. The van der Waals surface area contributed by atoms with Crippen molar-refractivity contribution in [1.29, 1.82) is 0 Å². The van der Waals surface area contributed by atoms with Crippen LogP contribution in [0.25, 0.3) is 11.0 Å². The predicted molar refractivity (Wildman–Crippen MR) is 208 cm³/mol. The number of halogens is 2. The number of hydrogen-bond donors (Lipinski definition) is 4. The van der Waals surface area contributed by atoms with E-state index in [-0.39, 0.29) is 54.0 Å². The normalized spacial score (nSPS) is 17.1. The van der Waals surface area contributed by atoms with Gasteiger partial charge in [0.25, 0.3) is 11.8 Å². The predicted octanol–water partition coefficient (Wildman–Crippen LogP) is 4.70. The smallest absolute Gasteiger partial charge is 0.262 e. The molecule has 3 aromatic heterocycles. The molecule has 3 aliphatic heterocycles. The summed E-state index contributed by atoms with van der Waals surface area (Å²) in [5.41, 5.74) is 1.99. The number of anilines is 3. The zero-order valence-electron chi connectivity index (χ0n) is 32.1. The number of H-pyrrole nitrogens is 1. The van der Waals surface area contributed by atoms with Gasteiger partial charge in [0, 0.05) is 55.9 Å². The summed E-state index contributed by atoms with van der Waals surface area (Å²) in [5, 5.41) is 20.9. The van der Waals surface area contributed by atoms with Crippen molar-refractivity contribution in [2.75, 3.05) is 30.3 Å². The Labute approximate surface area is 335 Å². The van der Waals surface area contributed by atoms with Crippen molar-refractivity contribution >= 4 is 58.2 Å². The number of piperidine rings is 2. The molecule has 8 rings (SSSR count). The summed E-state index contributed by atoms with van der Waals surface area (Å²) in [6, 6.07) is 8.75. The van der Waals surface area contributed by atoms with E-state index in [0.717, 1.165) is 23.1 Å². The van der Waals surface area contributed by atoms with E-state index in [1.807, 2.05) is 22.6 Å². The number of unbranched alkanes of at least 4 members (excludes halogenated alkanes) is 2. The molecule has 2 saturated heterocycles. The molecule has 59 heavy (non-hydrogen) atoms. The quantitative estimate of drug-likeness (QED) is 0.0890. The molecular weight excluding hydrogens is 769 g/mol. The molecule has 5 aromatic rings. The maximum Gasteiger partial charge on any atom is 0.262 e. The maximum atomic E-state index is 14.4. The maximum absolute atomic E-state index is 14.4. The first-order valence-corrected chi connectivity index (χ1v) is 19.5. The second-order valence-electron chi connectivity index (χ2n) is 14.8. The molecule has 4 N–H and O–H groups in total. The average Bonchev–Trinajstić information content (AvgIpc) is 3.91. The van der Waals surface area contributed by atoms with Crippen molar-refractivity contribution in [3.8, 4) is 5.75 Å². The number of likely N-dealkylation sites (tertiary alicyclic amines) is 1. The van der Waals surface area contributed by atoms with Gasteiger partial charge in [0.15, 0.2) is 11.5 Å². The van der Waals surface area contributed by atoms with Crippen molar-refractivity contribution in [1.82, 2.24) is 45.1 Å². The Hall–Kier alpha value is -6.79. The lowest BCUT2D eigenvalue weighted by atomic mass is 10.0. The zero-order valence-corrected chi connectivity index (χ0v) is 32.1. The number of nitrogens with one attached hydrogen (secondary N) is 4. The van der Waals surface area contributed by atoms with Gasteiger partial charge < -0.3 is 20.3 Å². The van der Waals surface area contributed by atoms with Crippen LogP contribution in [0.4, 0.5) is 26.4 Å². The number of benzene rings is 2. The van der Waals surface area contributed by atoms with E-state index < -0.39 is 41.3 Å². The molecule has 0 aliphatic carbocycles. The number of fused-ring (bicyclic) bond motifs is 2. The van der Waals surface area contributed by atoms with Crippen LogP contribution in [0.2, 0.25) is 0 Å². The van der Waals surface area contributed by atoms with Gasteiger partial charge in [-0.15, -0.1) is 0 Å². The fourth-order valence-corrected chi connectivity index (χ4v) is 7.61. The molecule has 3 aliphatic rings. The van der Waals surface area contributed by atoms with Crippen LogP contribution in [0.15, 0.2) is 48.7 Å². The van der Waals surface area contributed by atoms with Crippen molar-refractivity contribution in [3.63, 3.8) is 0 Å². The summed E-state index contributed by atoms with van der Waals surface area (Å²) in [6.45, 7) is 3.34. The summed E-state index contributed by atoms with van der Waals surface area (Å²) in [7, 11) is 0.